The normalized spacial score (nSPS) is 10.4. The minimum Gasteiger partial charge on any atom is -0.397 e. The molecule has 2 aromatic rings. The number of carbonyl (C=O) groups excluding carboxylic acids is 1. The van der Waals surface area contributed by atoms with Gasteiger partial charge in [0, 0.05) is 4.47 Å². The summed E-state index contributed by atoms with van der Waals surface area (Å²) in [6.45, 7) is 3.71. The van der Waals surface area contributed by atoms with Gasteiger partial charge >= 0.3 is 0 Å². The zero-order chi connectivity index (χ0) is 13.3. The lowest BCUT2D eigenvalue weighted by molar-refractivity contribution is 0.103. The van der Waals surface area contributed by atoms with Gasteiger partial charge in [-0.15, -0.1) is 11.3 Å². The number of benzene rings is 1. The Kier molecular flexibility index (Phi) is 3.68. The van der Waals surface area contributed by atoms with E-state index >= 15 is 0 Å². The Labute approximate surface area is 117 Å². The van der Waals surface area contributed by atoms with Gasteiger partial charge in [0.1, 0.15) is 4.88 Å². The first-order chi connectivity index (χ1) is 8.49. The molecule has 0 unspecified atom stereocenters. The number of aromatic nitrogens is 1. The molecule has 0 radical (unpaired) electrons. The van der Waals surface area contributed by atoms with E-state index in [1.54, 1.807) is 11.6 Å². The molecule has 0 aliphatic rings. The van der Waals surface area contributed by atoms with E-state index in [4.69, 9.17) is 5.73 Å². The third kappa shape index (κ3) is 2.54. The highest BCUT2D eigenvalue weighted by Crippen LogP contribution is 2.28. The third-order valence-electron chi connectivity index (χ3n) is 2.52. The number of thiazole rings is 1. The second-order valence-corrected chi connectivity index (χ2v) is 5.68. The van der Waals surface area contributed by atoms with Crippen molar-refractivity contribution < 1.29 is 4.79 Å². The molecule has 1 amide bonds. The minimum atomic E-state index is -0.174. The van der Waals surface area contributed by atoms with Crippen LogP contribution < -0.4 is 11.1 Å². The van der Waals surface area contributed by atoms with Crippen LogP contribution in [0.15, 0.2) is 22.1 Å². The SMILES string of the molecule is Cc1cc(Br)cc(N)c1NC(=O)c1scnc1C. The lowest BCUT2D eigenvalue weighted by Gasteiger charge is -2.11. The predicted octanol–water partition coefficient (Wildman–Crippen LogP) is 3.36. The van der Waals surface area contributed by atoms with Crippen LogP contribution in [0, 0.1) is 13.8 Å². The van der Waals surface area contributed by atoms with Crippen molar-refractivity contribution in [1.82, 2.24) is 4.98 Å². The van der Waals surface area contributed by atoms with Crippen LogP contribution in [-0.4, -0.2) is 10.9 Å². The molecule has 0 atom stereocenters. The van der Waals surface area contributed by atoms with Crippen molar-refractivity contribution in [2.45, 2.75) is 13.8 Å². The fraction of sp³-hybridized carbons (Fsp3) is 0.167. The lowest BCUT2D eigenvalue weighted by Crippen LogP contribution is -2.14. The van der Waals surface area contributed by atoms with Crippen LogP contribution in [0.1, 0.15) is 20.9 Å². The zero-order valence-electron chi connectivity index (χ0n) is 9.95. The molecular formula is C12H12BrN3OS. The molecule has 0 aliphatic carbocycles. The van der Waals surface area contributed by atoms with Crippen molar-refractivity contribution in [1.29, 1.82) is 0 Å². The van der Waals surface area contributed by atoms with Crippen LogP contribution in [0.3, 0.4) is 0 Å². The van der Waals surface area contributed by atoms with E-state index in [-0.39, 0.29) is 5.91 Å². The summed E-state index contributed by atoms with van der Waals surface area (Å²) in [6, 6.07) is 3.67. The number of rotatable bonds is 2. The molecule has 4 nitrogen and oxygen atoms in total. The molecule has 1 heterocycles. The number of halogens is 1. The molecule has 0 spiro atoms. The number of nitrogens with two attached hydrogens (primary N) is 1. The van der Waals surface area contributed by atoms with E-state index in [1.165, 1.54) is 11.3 Å². The maximum Gasteiger partial charge on any atom is 0.267 e. The van der Waals surface area contributed by atoms with Crippen LogP contribution in [0.5, 0.6) is 0 Å². The van der Waals surface area contributed by atoms with E-state index in [0.717, 1.165) is 15.7 Å². The van der Waals surface area contributed by atoms with Crippen LogP contribution in [0.25, 0.3) is 0 Å². The molecule has 0 fully saturated rings. The smallest absolute Gasteiger partial charge is 0.267 e. The van der Waals surface area contributed by atoms with E-state index in [9.17, 15) is 4.79 Å². The maximum atomic E-state index is 12.1. The lowest BCUT2D eigenvalue weighted by atomic mass is 10.1. The molecule has 0 saturated heterocycles. The highest BCUT2D eigenvalue weighted by atomic mass is 79.9. The Balaban J connectivity index is 2.31. The van der Waals surface area contributed by atoms with Crippen molar-refractivity contribution in [2.75, 3.05) is 11.1 Å². The summed E-state index contributed by atoms with van der Waals surface area (Å²) in [6.07, 6.45) is 0. The molecule has 2 rings (SSSR count). The first-order valence-electron chi connectivity index (χ1n) is 5.26. The molecule has 0 saturated carbocycles. The summed E-state index contributed by atoms with van der Waals surface area (Å²) in [5.41, 5.74) is 10.4. The van der Waals surface area contributed by atoms with Crippen molar-refractivity contribution >= 4 is 44.5 Å². The second kappa shape index (κ2) is 5.07. The van der Waals surface area contributed by atoms with Gasteiger partial charge in [0.05, 0.1) is 22.6 Å². The van der Waals surface area contributed by atoms with Gasteiger partial charge in [-0.25, -0.2) is 4.98 Å². The predicted molar refractivity (Wildman–Crippen MR) is 78.1 cm³/mol. The quantitative estimate of drug-likeness (QED) is 0.832. The molecule has 18 heavy (non-hydrogen) atoms. The van der Waals surface area contributed by atoms with Crippen LogP contribution in [-0.2, 0) is 0 Å². The summed E-state index contributed by atoms with van der Waals surface area (Å²) in [5.74, 6) is -0.174. The summed E-state index contributed by atoms with van der Waals surface area (Å²) in [7, 11) is 0. The van der Waals surface area contributed by atoms with Gasteiger partial charge in [0.25, 0.3) is 5.91 Å². The number of nitrogens with zero attached hydrogens (tertiary/aromatic N) is 1. The summed E-state index contributed by atoms with van der Waals surface area (Å²) in [4.78, 5) is 16.7. The average molecular weight is 326 g/mol. The van der Waals surface area contributed by atoms with Crippen LogP contribution in [0.4, 0.5) is 11.4 Å². The highest BCUT2D eigenvalue weighted by molar-refractivity contribution is 9.10. The Bertz CT molecular complexity index is 586. The van der Waals surface area contributed by atoms with E-state index < -0.39 is 0 Å². The van der Waals surface area contributed by atoms with Gasteiger partial charge in [-0.2, -0.15) is 0 Å². The van der Waals surface area contributed by atoms with Gasteiger partial charge in [-0.05, 0) is 31.5 Å². The molecule has 0 bridgehead atoms. The van der Waals surface area contributed by atoms with Gasteiger partial charge in [-0.1, -0.05) is 15.9 Å². The molecule has 6 heteroatoms. The number of nitrogens with one attached hydrogen (secondary N) is 1. The number of nitrogen functional groups attached to an aromatic ring is 1. The third-order valence-corrected chi connectivity index (χ3v) is 3.91. The monoisotopic (exact) mass is 325 g/mol. The fourth-order valence-electron chi connectivity index (χ4n) is 1.63. The minimum absolute atomic E-state index is 0.174. The Hall–Kier alpha value is -1.40. The number of amides is 1. The molecule has 0 aliphatic heterocycles. The van der Waals surface area contributed by atoms with Gasteiger partial charge in [0.2, 0.25) is 0 Å². The Morgan fingerprint density at radius 1 is 1.44 bits per heavy atom. The largest absolute Gasteiger partial charge is 0.397 e. The number of hydrogen-bond acceptors (Lipinski definition) is 4. The number of carbonyl (C=O) groups is 1. The van der Waals surface area contributed by atoms with Crippen molar-refractivity contribution in [2.24, 2.45) is 0 Å². The van der Waals surface area contributed by atoms with Crippen molar-refractivity contribution in [3.05, 3.63) is 38.3 Å². The maximum absolute atomic E-state index is 12.1. The van der Waals surface area contributed by atoms with Gasteiger partial charge in [-0.3, -0.25) is 4.79 Å². The second-order valence-electron chi connectivity index (χ2n) is 3.91. The summed E-state index contributed by atoms with van der Waals surface area (Å²) in [5, 5.41) is 2.83. The Morgan fingerprint density at radius 3 is 2.72 bits per heavy atom. The molecule has 94 valence electrons. The van der Waals surface area contributed by atoms with Crippen LogP contribution in [0.2, 0.25) is 0 Å². The molecule has 1 aromatic heterocycles. The number of anilines is 2. The highest BCUT2D eigenvalue weighted by Gasteiger charge is 2.14. The number of hydrogen-bond donors (Lipinski definition) is 2. The first kappa shape index (κ1) is 13.0. The number of aryl methyl sites for hydroxylation is 2. The molecule has 1 aromatic carbocycles. The average Bonchev–Trinajstić information content (AvgIpc) is 2.69. The van der Waals surface area contributed by atoms with E-state index in [1.807, 2.05) is 19.9 Å². The van der Waals surface area contributed by atoms with E-state index in [2.05, 4.69) is 26.2 Å². The van der Waals surface area contributed by atoms with E-state index in [0.29, 0.717) is 16.3 Å². The fourth-order valence-corrected chi connectivity index (χ4v) is 2.92. The van der Waals surface area contributed by atoms with Gasteiger partial charge in [0.15, 0.2) is 0 Å². The molecule has 3 N–H and O–H groups in total. The topological polar surface area (TPSA) is 68.0 Å². The Morgan fingerprint density at radius 2 is 2.17 bits per heavy atom. The van der Waals surface area contributed by atoms with Crippen LogP contribution >= 0.6 is 27.3 Å². The standard InChI is InChI=1S/C12H12BrN3OS/c1-6-3-8(13)4-9(14)10(6)16-12(17)11-7(2)15-5-18-11/h3-5H,14H2,1-2H3,(H,16,17). The summed E-state index contributed by atoms with van der Waals surface area (Å²) >= 11 is 4.68. The van der Waals surface area contributed by atoms with Gasteiger partial charge < -0.3 is 11.1 Å². The summed E-state index contributed by atoms with van der Waals surface area (Å²) < 4.78 is 0.893. The zero-order valence-corrected chi connectivity index (χ0v) is 12.4. The van der Waals surface area contributed by atoms with Crippen molar-refractivity contribution in [3.8, 4) is 0 Å². The first-order valence-corrected chi connectivity index (χ1v) is 6.93. The molecular weight excluding hydrogens is 314 g/mol. The van der Waals surface area contributed by atoms with Crippen molar-refractivity contribution in [3.63, 3.8) is 0 Å².